The predicted molar refractivity (Wildman–Crippen MR) is 67.0 cm³/mol. The van der Waals surface area contributed by atoms with Crippen LogP contribution >= 0.6 is 0 Å². The number of carbonyl (C=O) groups is 1. The molecule has 0 bridgehead atoms. The van der Waals surface area contributed by atoms with Crippen LogP contribution in [0.4, 0.5) is 4.79 Å². The first kappa shape index (κ1) is 14.8. The maximum atomic E-state index is 12.0. The number of ether oxygens (including phenoxy) is 2. The minimum atomic E-state index is -0.485. The minimum Gasteiger partial charge on any atom is -0.444 e. The molecule has 1 aliphatic rings. The van der Waals surface area contributed by atoms with Crippen molar-refractivity contribution in [3.63, 3.8) is 0 Å². The third-order valence-corrected chi connectivity index (χ3v) is 2.49. The van der Waals surface area contributed by atoms with Gasteiger partial charge in [0, 0.05) is 19.5 Å². The number of nitrogens with zero attached hydrogens (tertiary/aromatic N) is 2. The third-order valence-electron chi connectivity index (χ3n) is 2.49. The molecule has 1 saturated heterocycles. The van der Waals surface area contributed by atoms with E-state index in [2.05, 4.69) is 6.07 Å². The molecule has 0 saturated carbocycles. The van der Waals surface area contributed by atoms with Crippen molar-refractivity contribution >= 4 is 6.09 Å². The summed E-state index contributed by atoms with van der Waals surface area (Å²) in [6, 6.07) is 2.08. The van der Waals surface area contributed by atoms with Gasteiger partial charge in [-0.2, -0.15) is 5.26 Å². The second-order valence-corrected chi connectivity index (χ2v) is 5.47. The monoisotopic (exact) mass is 254 g/mol. The van der Waals surface area contributed by atoms with Crippen molar-refractivity contribution in [2.24, 2.45) is 0 Å². The molecule has 0 spiro atoms. The van der Waals surface area contributed by atoms with Crippen LogP contribution in [0, 0.1) is 11.3 Å². The van der Waals surface area contributed by atoms with Gasteiger partial charge in [-0.3, -0.25) is 0 Å². The molecule has 1 amide bonds. The van der Waals surface area contributed by atoms with Crippen molar-refractivity contribution in [3.05, 3.63) is 0 Å². The van der Waals surface area contributed by atoms with E-state index in [9.17, 15) is 4.79 Å². The summed E-state index contributed by atoms with van der Waals surface area (Å²) < 4.78 is 10.5. The summed E-state index contributed by atoms with van der Waals surface area (Å²) in [4.78, 5) is 13.6. The normalized spacial score (nSPS) is 18.0. The Morgan fingerprint density at radius 1 is 1.50 bits per heavy atom. The van der Waals surface area contributed by atoms with Crippen molar-refractivity contribution in [3.8, 4) is 6.07 Å². The van der Waals surface area contributed by atoms with Crippen LogP contribution in [0.5, 0.6) is 0 Å². The van der Waals surface area contributed by atoms with Crippen LogP contribution in [0.2, 0.25) is 0 Å². The molecule has 0 aromatic carbocycles. The first-order chi connectivity index (χ1) is 8.42. The zero-order chi connectivity index (χ0) is 13.6. The van der Waals surface area contributed by atoms with Crippen LogP contribution in [0.15, 0.2) is 0 Å². The van der Waals surface area contributed by atoms with Gasteiger partial charge in [0.05, 0.1) is 18.8 Å². The lowest BCUT2D eigenvalue weighted by Gasteiger charge is -2.27. The second-order valence-electron chi connectivity index (χ2n) is 5.47. The highest BCUT2D eigenvalue weighted by molar-refractivity contribution is 5.68. The van der Waals surface area contributed by atoms with Crippen molar-refractivity contribution in [2.75, 3.05) is 19.7 Å². The van der Waals surface area contributed by atoms with Crippen LogP contribution in [0.1, 0.15) is 40.0 Å². The van der Waals surface area contributed by atoms with E-state index >= 15 is 0 Å². The highest BCUT2D eigenvalue weighted by Crippen LogP contribution is 2.16. The molecule has 1 atom stereocenters. The molecule has 0 aromatic rings. The highest BCUT2D eigenvalue weighted by atomic mass is 16.6. The molecular weight excluding hydrogens is 232 g/mol. The number of epoxide rings is 1. The standard InChI is InChI=1S/C13H22N2O3/c1-13(2,3)18-12(16)15(8-5-4-7-14)9-6-11-10-17-11/h11H,4-6,8-10H2,1-3H3. The average Bonchev–Trinajstić information content (AvgIpc) is 3.04. The quantitative estimate of drug-likeness (QED) is 0.539. The molecule has 5 heteroatoms. The smallest absolute Gasteiger partial charge is 0.410 e. The Morgan fingerprint density at radius 3 is 2.67 bits per heavy atom. The number of hydrogen-bond acceptors (Lipinski definition) is 4. The fraction of sp³-hybridized carbons (Fsp3) is 0.846. The number of hydrogen-bond donors (Lipinski definition) is 0. The molecule has 0 aliphatic carbocycles. The molecule has 18 heavy (non-hydrogen) atoms. The van der Waals surface area contributed by atoms with Gasteiger partial charge in [-0.05, 0) is 33.6 Å². The van der Waals surface area contributed by atoms with Gasteiger partial charge in [0.1, 0.15) is 5.60 Å². The number of unbranched alkanes of at least 4 members (excludes halogenated alkanes) is 1. The van der Waals surface area contributed by atoms with Gasteiger partial charge >= 0.3 is 6.09 Å². The lowest BCUT2D eigenvalue weighted by Crippen LogP contribution is -2.38. The number of rotatable bonds is 6. The summed E-state index contributed by atoms with van der Waals surface area (Å²) in [5, 5.41) is 8.53. The van der Waals surface area contributed by atoms with Crippen LogP contribution < -0.4 is 0 Å². The van der Waals surface area contributed by atoms with E-state index < -0.39 is 5.60 Å². The maximum absolute atomic E-state index is 12.0. The molecule has 1 heterocycles. The van der Waals surface area contributed by atoms with Gasteiger partial charge in [-0.25, -0.2) is 4.79 Å². The molecule has 0 radical (unpaired) electrons. The lowest BCUT2D eigenvalue weighted by molar-refractivity contribution is 0.0243. The maximum Gasteiger partial charge on any atom is 0.410 e. The Bertz CT molecular complexity index is 313. The van der Waals surface area contributed by atoms with E-state index in [-0.39, 0.29) is 6.09 Å². The molecular formula is C13H22N2O3. The predicted octanol–water partition coefficient (Wildman–Crippen LogP) is 2.32. The van der Waals surface area contributed by atoms with Gasteiger partial charge < -0.3 is 14.4 Å². The largest absolute Gasteiger partial charge is 0.444 e. The summed E-state index contributed by atoms with van der Waals surface area (Å²) in [5.74, 6) is 0. The fourth-order valence-corrected chi connectivity index (χ4v) is 1.50. The van der Waals surface area contributed by atoms with Crippen molar-refractivity contribution in [1.82, 2.24) is 4.90 Å². The van der Waals surface area contributed by atoms with Crippen molar-refractivity contribution in [2.45, 2.75) is 51.7 Å². The fourth-order valence-electron chi connectivity index (χ4n) is 1.50. The number of nitriles is 1. The summed E-state index contributed by atoms with van der Waals surface area (Å²) >= 11 is 0. The topological polar surface area (TPSA) is 65.9 Å². The summed E-state index contributed by atoms with van der Waals surface area (Å²) in [6.45, 7) is 7.54. The van der Waals surface area contributed by atoms with Crippen LogP contribution in [-0.2, 0) is 9.47 Å². The van der Waals surface area contributed by atoms with Gasteiger partial charge in [0.2, 0.25) is 0 Å². The second kappa shape index (κ2) is 6.60. The molecule has 0 aromatic heterocycles. The zero-order valence-corrected chi connectivity index (χ0v) is 11.4. The number of amides is 1. The van der Waals surface area contributed by atoms with E-state index in [1.165, 1.54) is 0 Å². The van der Waals surface area contributed by atoms with Crippen LogP contribution in [-0.4, -0.2) is 42.4 Å². The summed E-state index contributed by atoms with van der Waals surface area (Å²) in [7, 11) is 0. The van der Waals surface area contributed by atoms with Gasteiger partial charge in [-0.1, -0.05) is 0 Å². The van der Waals surface area contributed by atoms with E-state index in [0.717, 1.165) is 13.0 Å². The zero-order valence-electron chi connectivity index (χ0n) is 11.4. The van der Waals surface area contributed by atoms with E-state index in [4.69, 9.17) is 14.7 Å². The Labute approximate surface area is 109 Å². The first-order valence-electron chi connectivity index (χ1n) is 6.39. The Hall–Kier alpha value is -1.28. The van der Waals surface area contributed by atoms with E-state index in [1.807, 2.05) is 20.8 Å². The Balaban J connectivity index is 2.40. The minimum absolute atomic E-state index is 0.297. The molecule has 1 aliphatic heterocycles. The summed E-state index contributed by atoms with van der Waals surface area (Å²) in [5.41, 5.74) is -0.485. The van der Waals surface area contributed by atoms with E-state index in [0.29, 0.717) is 32.0 Å². The lowest BCUT2D eigenvalue weighted by atomic mass is 10.2. The molecule has 1 fully saturated rings. The number of carbonyl (C=O) groups excluding carboxylic acids is 1. The van der Waals surface area contributed by atoms with Crippen LogP contribution in [0.25, 0.3) is 0 Å². The average molecular weight is 254 g/mol. The van der Waals surface area contributed by atoms with Gasteiger partial charge in [-0.15, -0.1) is 0 Å². The Kier molecular flexibility index (Phi) is 5.42. The molecule has 1 rings (SSSR count). The highest BCUT2D eigenvalue weighted by Gasteiger charge is 2.26. The molecule has 102 valence electrons. The third kappa shape index (κ3) is 6.45. The van der Waals surface area contributed by atoms with Gasteiger partial charge in [0.15, 0.2) is 0 Å². The molecule has 5 nitrogen and oxygen atoms in total. The van der Waals surface area contributed by atoms with Gasteiger partial charge in [0.25, 0.3) is 0 Å². The Morgan fingerprint density at radius 2 is 2.17 bits per heavy atom. The SMILES string of the molecule is CC(C)(C)OC(=O)N(CCCC#N)CCC1CO1. The first-order valence-corrected chi connectivity index (χ1v) is 6.39. The molecule has 0 N–H and O–H groups in total. The summed E-state index contributed by atoms with van der Waals surface area (Å²) in [6.07, 6.45) is 1.97. The van der Waals surface area contributed by atoms with E-state index in [1.54, 1.807) is 4.90 Å². The van der Waals surface area contributed by atoms with Crippen LogP contribution in [0.3, 0.4) is 0 Å². The van der Waals surface area contributed by atoms with Crippen molar-refractivity contribution in [1.29, 1.82) is 5.26 Å². The van der Waals surface area contributed by atoms with Crippen molar-refractivity contribution < 1.29 is 14.3 Å². The molecule has 1 unspecified atom stereocenters.